The van der Waals surface area contributed by atoms with E-state index >= 15 is 0 Å². The molecule has 2 aliphatic rings. The number of halogens is 1. The molecule has 2 saturated carbocycles. The van der Waals surface area contributed by atoms with E-state index in [1.54, 1.807) is 0 Å². The van der Waals surface area contributed by atoms with Gasteiger partial charge in [-0.2, -0.15) is 5.26 Å². The maximum atomic E-state index is 11.4. The predicted octanol–water partition coefficient (Wildman–Crippen LogP) is 1.88. The third-order valence-corrected chi connectivity index (χ3v) is 3.69. The van der Waals surface area contributed by atoms with E-state index in [0.717, 1.165) is 25.7 Å². The van der Waals surface area contributed by atoms with Crippen molar-refractivity contribution in [2.24, 2.45) is 11.8 Å². The number of hydrogen-bond acceptors (Lipinski definition) is 2. The molecule has 64 valence electrons. The van der Waals surface area contributed by atoms with Gasteiger partial charge in [0.1, 0.15) is 0 Å². The Labute approximate surface area is 76.5 Å². The van der Waals surface area contributed by atoms with Crippen molar-refractivity contribution in [1.29, 1.82) is 5.26 Å². The molecule has 3 heteroatoms. The number of fused-ring (bicyclic) bond motifs is 1. The fraction of sp³-hybridized carbons (Fsp3) is 0.778. The van der Waals surface area contributed by atoms with E-state index in [-0.39, 0.29) is 17.6 Å². The van der Waals surface area contributed by atoms with E-state index in [9.17, 15) is 4.79 Å². The topological polar surface area (TPSA) is 40.9 Å². The van der Waals surface area contributed by atoms with E-state index in [2.05, 4.69) is 0 Å². The van der Waals surface area contributed by atoms with Crippen LogP contribution in [0.4, 0.5) is 0 Å². The molecular formula is C9H10ClNO. The standard InChI is InChI=1S/C9H10ClNO/c10-9(5-11)7-4-2-1-3-6(7)8(9)12/h6-7H,1-4H2. The second-order valence-corrected chi connectivity index (χ2v) is 4.28. The summed E-state index contributed by atoms with van der Waals surface area (Å²) in [7, 11) is 0. The Hall–Kier alpha value is -0.550. The molecule has 3 unspecified atom stereocenters. The molecule has 0 aliphatic heterocycles. The SMILES string of the molecule is N#CC1(Cl)C(=O)C2CCCCC21. The van der Waals surface area contributed by atoms with Crippen molar-refractivity contribution in [1.82, 2.24) is 0 Å². The van der Waals surface area contributed by atoms with Gasteiger partial charge >= 0.3 is 0 Å². The smallest absolute Gasteiger partial charge is 0.192 e. The second-order valence-electron chi connectivity index (χ2n) is 3.69. The first kappa shape index (κ1) is 8.07. The highest BCUT2D eigenvalue weighted by atomic mass is 35.5. The molecule has 0 aromatic carbocycles. The van der Waals surface area contributed by atoms with Gasteiger partial charge in [0.15, 0.2) is 10.7 Å². The number of carbonyl (C=O) groups excluding carboxylic acids is 1. The highest BCUT2D eigenvalue weighted by molar-refractivity contribution is 6.40. The minimum absolute atomic E-state index is 0.0311. The molecular weight excluding hydrogens is 174 g/mol. The molecule has 0 saturated heterocycles. The average molecular weight is 184 g/mol. The van der Waals surface area contributed by atoms with Crippen LogP contribution in [-0.2, 0) is 4.79 Å². The van der Waals surface area contributed by atoms with Crippen molar-refractivity contribution in [2.75, 3.05) is 0 Å². The van der Waals surface area contributed by atoms with Crippen LogP contribution < -0.4 is 0 Å². The molecule has 0 heterocycles. The Balaban J connectivity index is 2.22. The van der Waals surface area contributed by atoms with Crippen molar-refractivity contribution in [2.45, 2.75) is 30.6 Å². The van der Waals surface area contributed by atoms with Gasteiger partial charge < -0.3 is 0 Å². The number of rotatable bonds is 0. The Morgan fingerprint density at radius 3 is 2.83 bits per heavy atom. The number of nitrogens with zero attached hydrogens (tertiary/aromatic N) is 1. The molecule has 2 fully saturated rings. The lowest BCUT2D eigenvalue weighted by molar-refractivity contribution is -0.139. The van der Waals surface area contributed by atoms with Gasteiger partial charge in [-0.05, 0) is 12.8 Å². The van der Waals surface area contributed by atoms with E-state index < -0.39 is 4.87 Å². The minimum Gasteiger partial charge on any atom is -0.296 e. The number of hydrogen-bond donors (Lipinski definition) is 0. The zero-order valence-corrected chi connectivity index (χ0v) is 7.47. The molecule has 2 nitrogen and oxygen atoms in total. The summed E-state index contributed by atoms with van der Waals surface area (Å²) in [6, 6.07) is 1.94. The van der Waals surface area contributed by atoms with Crippen molar-refractivity contribution >= 4 is 17.4 Å². The first-order valence-electron chi connectivity index (χ1n) is 4.34. The van der Waals surface area contributed by atoms with Crippen LogP contribution in [0.15, 0.2) is 0 Å². The summed E-state index contributed by atoms with van der Waals surface area (Å²) in [5.41, 5.74) is 0. The summed E-state index contributed by atoms with van der Waals surface area (Å²) in [5.74, 6) is 0.220. The van der Waals surface area contributed by atoms with Gasteiger partial charge in [0.05, 0.1) is 6.07 Å². The van der Waals surface area contributed by atoms with E-state index in [4.69, 9.17) is 16.9 Å². The molecule has 2 rings (SSSR count). The predicted molar refractivity (Wildman–Crippen MR) is 44.7 cm³/mol. The minimum atomic E-state index is -1.15. The van der Waals surface area contributed by atoms with Gasteiger partial charge in [0.25, 0.3) is 0 Å². The van der Waals surface area contributed by atoms with E-state index in [0.29, 0.717) is 0 Å². The van der Waals surface area contributed by atoms with Crippen LogP contribution in [0.3, 0.4) is 0 Å². The molecule has 3 atom stereocenters. The van der Waals surface area contributed by atoms with Crippen LogP contribution >= 0.6 is 11.6 Å². The fourth-order valence-electron chi connectivity index (χ4n) is 2.42. The summed E-state index contributed by atoms with van der Waals surface area (Å²) >= 11 is 5.91. The molecule has 0 spiro atoms. The van der Waals surface area contributed by atoms with Crippen LogP contribution in [0, 0.1) is 23.2 Å². The third-order valence-electron chi connectivity index (χ3n) is 3.13. The number of nitriles is 1. The van der Waals surface area contributed by atoms with Gasteiger partial charge in [-0.1, -0.05) is 24.4 Å². The van der Waals surface area contributed by atoms with Crippen molar-refractivity contribution in [3.63, 3.8) is 0 Å². The Morgan fingerprint density at radius 1 is 1.50 bits per heavy atom. The second kappa shape index (κ2) is 2.47. The normalized spacial score (nSPS) is 45.8. The van der Waals surface area contributed by atoms with Gasteiger partial charge in [0, 0.05) is 11.8 Å². The average Bonchev–Trinajstić information content (AvgIpc) is 2.16. The summed E-state index contributed by atoms with van der Waals surface area (Å²) in [6.07, 6.45) is 4.13. The lowest BCUT2D eigenvalue weighted by Crippen LogP contribution is -2.60. The van der Waals surface area contributed by atoms with E-state index in [1.807, 2.05) is 6.07 Å². The molecule has 0 aromatic rings. The number of Topliss-reactive ketones (excluding diaryl/α,β-unsaturated/α-hetero) is 1. The molecule has 0 amide bonds. The zero-order valence-electron chi connectivity index (χ0n) is 6.72. The summed E-state index contributed by atoms with van der Waals surface area (Å²) in [4.78, 5) is 10.2. The van der Waals surface area contributed by atoms with Crippen molar-refractivity contribution < 1.29 is 4.79 Å². The van der Waals surface area contributed by atoms with Crippen LogP contribution in [-0.4, -0.2) is 10.7 Å². The Bertz CT molecular complexity index is 270. The van der Waals surface area contributed by atoms with Crippen LogP contribution in [0.2, 0.25) is 0 Å². The Morgan fingerprint density at radius 2 is 2.17 bits per heavy atom. The lowest BCUT2D eigenvalue weighted by atomic mass is 9.57. The number of ketones is 1. The summed E-state index contributed by atoms with van der Waals surface area (Å²) in [6.45, 7) is 0. The zero-order chi connectivity index (χ0) is 8.77. The molecule has 12 heavy (non-hydrogen) atoms. The van der Waals surface area contributed by atoms with Crippen molar-refractivity contribution in [3.05, 3.63) is 0 Å². The van der Waals surface area contributed by atoms with Crippen molar-refractivity contribution in [3.8, 4) is 6.07 Å². The van der Waals surface area contributed by atoms with Gasteiger partial charge in [-0.15, -0.1) is 0 Å². The largest absolute Gasteiger partial charge is 0.296 e. The van der Waals surface area contributed by atoms with E-state index in [1.165, 1.54) is 0 Å². The van der Waals surface area contributed by atoms with Gasteiger partial charge in [-0.25, -0.2) is 0 Å². The van der Waals surface area contributed by atoms with Crippen LogP contribution in [0.1, 0.15) is 25.7 Å². The highest BCUT2D eigenvalue weighted by Crippen LogP contribution is 2.52. The molecule has 0 N–H and O–H groups in total. The lowest BCUT2D eigenvalue weighted by Gasteiger charge is -2.47. The molecule has 0 bridgehead atoms. The quantitative estimate of drug-likeness (QED) is 0.538. The van der Waals surface area contributed by atoms with Crippen LogP contribution in [0.25, 0.3) is 0 Å². The first-order valence-corrected chi connectivity index (χ1v) is 4.72. The van der Waals surface area contributed by atoms with Gasteiger partial charge in [0.2, 0.25) is 0 Å². The number of alkyl halides is 1. The fourth-order valence-corrected chi connectivity index (χ4v) is 2.82. The third kappa shape index (κ3) is 0.778. The molecule has 2 aliphatic carbocycles. The molecule has 0 aromatic heterocycles. The van der Waals surface area contributed by atoms with Gasteiger partial charge in [-0.3, -0.25) is 4.79 Å². The summed E-state index contributed by atoms with van der Waals surface area (Å²) in [5, 5.41) is 8.75. The maximum Gasteiger partial charge on any atom is 0.192 e. The Kier molecular flexibility index (Phi) is 1.66. The number of carbonyl (C=O) groups is 1. The summed E-state index contributed by atoms with van der Waals surface area (Å²) < 4.78 is 0. The van der Waals surface area contributed by atoms with Crippen LogP contribution in [0.5, 0.6) is 0 Å². The molecule has 0 radical (unpaired) electrons. The first-order chi connectivity index (χ1) is 5.70. The highest BCUT2D eigenvalue weighted by Gasteiger charge is 2.61. The maximum absolute atomic E-state index is 11.4. The monoisotopic (exact) mass is 183 g/mol.